The summed E-state index contributed by atoms with van der Waals surface area (Å²) in [6.07, 6.45) is 0.795. The predicted octanol–water partition coefficient (Wildman–Crippen LogP) is 4.32. The van der Waals surface area contributed by atoms with Crippen molar-refractivity contribution in [1.29, 1.82) is 0 Å². The third kappa shape index (κ3) is 5.91. The van der Waals surface area contributed by atoms with Crippen LogP contribution in [0.4, 0.5) is 14.5 Å². The van der Waals surface area contributed by atoms with Crippen molar-refractivity contribution in [2.24, 2.45) is 0 Å². The lowest BCUT2D eigenvalue weighted by molar-refractivity contribution is -0.119. The van der Waals surface area contributed by atoms with Crippen molar-refractivity contribution < 1.29 is 32.6 Å². The molecule has 2 rings (SSSR count). The molecule has 0 saturated carbocycles. The highest BCUT2D eigenvalue weighted by molar-refractivity contribution is 9.10. The van der Waals surface area contributed by atoms with Gasteiger partial charge in [0.2, 0.25) is 0 Å². The van der Waals surface area contributed by atoms with Gasteiger partial charge in [0.25, 0.3) is 5.91 Å². The molecule has 2 aromatic rings. The van der Waals surface area contributed by atoms with E-state index in [4.69, 9.17) is 14.2 Å². The minimum absolute atomic E-state index is 0.0830. The average Bonchev–Trinajstić information content (AvgIpc) is 2.63. The summed E-state index contributed by atoms with van der Waals surface area (Å²) in [5, 5.41) is 2.25. The molecule has 0 aromatic heterocycles. The van der Waals surface area contributed by atoms with Crippen molar-refractivity contribution >= 4 is 33.5 Å². The summed E-state index contributed by atoms with van der Waals surface area (Å²) in [5.74, 6) is -2.42. The van der Waals surface area contributed by atoms with E-state index >= 15 is 0 Å². The molecule has 1 amide bonds. The number of halogens is 3. The molecular weight excluding hydrogens is 440 g/mol. The minimum atomic E-state index is -0.838. The second-order valence-corrected chi connectivity index (χ2v) is 6.47. The molecule has 0 atom stereocenters. The lowest BCUT2D eigenvalue weighted by Gasteiger charge is -2.13. The van der Waals surface area contributed by atoms with Gasteiger partial charge in [0, 0.05) is 11.8 Å². The Morgan fingerprint density at radius 1 is 1.11 bits per heavy atom. The molecule has 2 aromatic carbocycles. The van der Waals surface area contributed by atoms with E-state index in [9.17, 15) is 18.4 Å². The molecule has 150 valence electrons. The summed E-state index contributed by atoms with van der Waals surface area (Å²) in [7, 11) is 1.43. The lowest BCUT2D eigenvalue weighted by atomic mass is 10.2. The SMILES string of the molecule is CCCOc1c(Br)cc(C(=O)OCC(=O)Nc2cc(F)cc(F)c2)cc1OC. The second kappa shape index (κ2) is 10.0. The first-order chi connectivity index (χ1) is 13.3. The fourth-order valence-electron chi connectivity index (χ4n) is 2.22. The summed E-state index contributed by atoms with van der Waals surface area (Å²) in [5.41, 5.74) is 0.0533. The lowest BCUT2D eigenvalue weighted by Crippen LogP contribution is -2.21. The van der Waals surface area contributed by atoms with Crippen LogP contribution in [0.15, 0.2) is 34.8 Å². The second-order valence-electron chi connectivity index (χ2n) is 5.62. The number of anilines is 1. The van der Waals surface area contributed by atoms with E-state index in [-0.39, 0.29) is 11.3 Å². The number of carbonyl (C=O) groups is 2. The van der Waals surface area contributed by atoms with E-state index in [1.54, 1.807) is 0 Å². The standard InChI is InChI=1S/C19H18BrF2NO5/c1-3-4-27-18-15(20)5-11(6-16(18)26-2)19(25)28-10-17(24)23-14-8-12(21)7-13(22)9-14/h5-9H,3-4,10H2,1-2H3,(H,23,24). The molecular formula is C19H18BrF2NO5. The van der Waals surface area contributed by atoms with Crippen LogP contribution in [0.1, 0.15) is 23.7 Å². The van der Waals surface area contributed by atoms with Crippen LogP contribution in [0.5, 0.6) is 11.5 Å². The van der Waals surface area contributed by atoms with Crippen LogP contribution in [0.2, 0.25) is 0 Å². The Balaban J connectivity index is 2.02. The molecule has 0 radical (unpaired) electrons. The number of methoxy groups -OCH3 is 1. The monoisotopic (exact) mass is 457 g/mol. The van der Waals surface area contributed by atoms with E-state index in [0.29, 0.717) is 28.6 Å². The first-order valence-electron chi connectivity index (χ1n) is 8.27. The quantitative estimate of drug-likeness (QED) is 0.597. The van der Waals surface area contributed by atoms with Gasteiger partial charge in [0.1, 0.15) is 11.6 Å². The number of nitrogens with one attached hydrogen (secondary N) is 1. The van der Waals surface area contributed by atoms with Gasteiger partial charge in [-0.3, -0.25) is 4.79 Å². The molecule has 0 spiro atoms. The topological polar surface area (TPSA) is 73.9 Å². The Labute approximate surface area is 168 Å². The summed E-state index contributed by atoms with van der Waals surface area (Å²) < 4.78 is 42.5. The molecule has 6 nitrogen and oxygen atoms in total. The third-order valence-electron chi connectivity index (χ3n) is 3.40. The van der Waals surface area contributed by atoms with Crippen LogP contribution in [-0.2, 0) is 9.53 Å². The van der Waals surface area contributed by atoms with E-state index in [2.05, 4.69) is 21.2 Å². The number of hydrogen-bond acceptors (Lipinski definition) is 5. The summed E-state index contributed by atoms with van der Waals surface area (Å²) in [6.45, 7) is 1.79. The molecule has 28 heavy (non-hydrogen) atoms. The van der Waals surface area contributed by atoms with Crippen LogP contribution in [0, 0.1) is 11.6 Å². The normalized spacial score (nSPS) is 10.3. The summed E-state index contributed by atoms with van der Waals surface area (Å²) >= 11 is 3.31. The van der Waals surface area contributed by atoms with Gasteiger partial charge in [0.15, 0.2) is 18.1 Å². The van der Waals surface area contributed by atoms with Gasteiger partial charge in [-0.15, -0.1) is 0 Å². The zero-order chi connectivity index (χ0) is 20.7. The predicted molar refractivity (Wildman–Crippen MR) is 102 cm³/mol. The van der Waals surface area contributed by atoms with Crippen LogP contribution in [0.25, 0.3) is 0 Å². The van der Waals surface area contributed by atoms with E-state index in [1.807, 2.05) is 6.92 Å². The number of carbonyl (C=O) groups excluding carboxylic acids is 2. The first-order valence-corrected chi connectivity index (χ1v) is 9.06. The highest BCUT2D eigenvalue weighted by Crippen LogP contribution is 2.37. The van der Waals surface area contributed by atoms with Crippen molar-refractivity contribution in [3.05, 3.63) is 52.0 Å². The largest absolute Gasteiger partial charge is 0.493 e. The maximum Gasteiger partial charge on any atom is 0.338 e. The fraction of sp³-hybridized carbons (Fsp3) is 0.263. The Morgan fingerprint density at radius 3 is 2.39 bits per heavy atom. The highest BCUT2D eigenvalue weighted by atomic mass is 79.9. The van der Waals surface area contributed by atoms with Crippen molar-refractivity contribution in [3.63, 3.8) is 0 Å². The van der Waals surface area contributed by atoms with Gasteiger partial charge in [-0.1, -0.05) is 6.92 Å². The van der Waals surface area contributed by atoms with Crippen LogP contribution in [-0.4, -0.2) is 32.2 Å². The zero-order valence-corrected chi connectivity index (χ0v) is 16.8. The number of ether oxygens (including phenoxy) is 3. The Morgan fingerprint density at radius 2 is 1.79 bits per heavy atom. The third-order valence-corrected chi connectivity index (χ3v) is 3.99. The van der Waals surface area contributed by atoms with Gasteiger partial charge in [0.05, 0.1) is 23.8 Å². The molecule has 0 fully saturated rings. The smallest absolute Gasteiger partial charge is 0.338 e. The van der Waals surface area contributed by atoms with Gasteiger partial charge < -0.3 is 19.5 Å². The Bertz CT molecular complexity index is 855. The van der Waals surface area contributed by atoms with Gasteiger partial charge >= 0.3 is 5.97 Å². The summed E-state index contributed by atoms with van der Waals surface area (Å²) in [6, 6.07) is 5.47. The van der Waals surface area contributed by atoms with Crippen molar-refractivity contribution in [3.8, 4) is 11.5 Å². The molecule has 0 bridgehead atoms. The van der Waals surface area contributed by atoms with Crippen molar-refractivity contribution in [2.45, 2.75) is 13.3 Å². The number of benzene rings is 2. The van der Waals surface area contributed by atoms with E-state index in [1.165, 1.54) is 19.2 Å². The molecule has 9 heteroatoms. The molecule has 0 aliphatic heterocycles. The molecule has 0 aliphatic carbocycles. The Hall–Kier alpha value is -2.68. The highest BCUT2D eigenvalue weighted by Gasteiger charge is 2.17. The first kappa shape index (κ1) is 21.6. The average molecular weight is 458 g/mol. The molecule has 1 N–H and O–H groups in total. The van der Waals surface area contributed by atoms with E-state index in [0.717, 1.165) is 18.6 Å². The maximum absolute atomic E-state index is 13.1. The fourth-order valence-corrected chi connectivity index (χ4v) is 2.78. The number of hydrogen-bond donors (Lipinski definition) is 1. The molecule has 0 unspecified atom stereocenters. The van der Waals surface area contributed by atoms with Gasteiger partial charge in [-0.25, -0.2) is 13.6 Å². The number of esters is 1. The molecule has 0 saturated heterocycles. The van der Waals surface area contributed by atoms with Crippen molar-refractivity contribution in [2.75, 3.05) is 25.6 Å². The van der Waals surface area contributed by atoms with Crippen LogP contribution < -0.4 is 14.8 Å². The zero-order valence-electron chi connectivity index (χ0n) is 15.2. The number of amides is 1. The van der Waals surface area contributed by atoms with Crippen LogP contribution >= 0.6 is 15.9 Å². The summed E-state index contributed by atoms with van der Waals surface area (Å²) in [4.78, 5) is 24.1. The number of rotatable bonds is 8. The molecule has 0 aliphatic rings. The van der Waals surface area contributed by atoms with Crippen LogP contribution in [0.3, 0.4) is 0 Å². The maximum atomic E-state index is 13.1. The van der Waals surface area contributed by atoms with Gasteiger partial charge in [-0.05, 0) is 46.6 Å². The van der Waals surface area contributed by atoms with E-state index < -0.39 is 30.1 Å². The Kier molecular flexibility index (Phi) is 7.74. The minimum Gasteiger partial charge on any atom is -0.493 e. The van der Waals surface area contributed by atoms with Gasteiger partial charge in [-0.2, -0.15) is 0 Å². The molecule has 0 heterocycles. The van der Waals surface area contributed by atoms with Crippen molar-refractivity contribution in [1.82, 2.24) is 0 Å².